The van der Waals surface area contributed by atoms with Gasteiger partial charge in [0.15, 0.2) is 0 Å². The maximum atomic E-state index is 13.1. The Kier molecular flexibility index (Phi) is 4.90. The highest BCUT2D eigenvalue weighted by Crippen LogP contribution is 2.32. The Morgan fingerprint density at radius 1 is 1.00 bits per heavy atom. The van der Waals surface area contributed by atoms with Gasteiger partial charge in [0.05, 0.1) is 10.6 Å². The molecule has 2 aromatic heterocycles. The Hall–Kier alpha value is -3.45. The third-order valence-electron chi connectivity index (χ3n) is 4.21. The first-order chi connectivity index (χ1) is 13.6. The number of thiophene rings is 1. The van der Waals surface area contributed by atoms with E-state index < -0.39 is 6.03 Å². The zero-order valence-electron chi connectivity index (χ0n) is 15.0. The van der Waals surface area contributed by atoms with E-state index in [0.717, 1.165) is 21.8 Å². The molecule has 0 saturated heterocycles. The summed E-state index contributed by atoms with van der Waals surface area (Å²) in [5, 5.41) is 12.3. The van der Waals surface area contributed by atoms with Crippen LogP contribution in [0.4, 0.5) is 20.7 Å². The van der Waals surface area contributed by atoms with Crippen molar-refractivity contribution in [1.82, 2.24) is 9.78 Å². The Balaban J connectivity index is 1.68. The molecule has 5 nitrogen and oxygen atoms in total. The normalized spacial score (nSPS) is 10.6. The average molecular weight is 392 g/mol. The van der Waals surface area contributed by atoms with Gasteiger partial charge in [-0.1, -0.05) is 24.3 Å². The lowest BCUT2D eigenvalue weighted by Gasteiger charge is -2.11. The van der Waals surface area contributed by atoms with Gasteiger partial charge in [0.2, 0.25) is 0 Å². The maximum absolute atomic E-state index is 13.1. The number of halogens is 1. The van der Waals surface area contributed by atoms with Gasteiger partial charge >= 0.3 is 6.03 Å². The molecule has 0 unspecified atom stereocenters. The van der Waals surface area contributed by atoms with E-state index in [9.17, 15) is 9.18 Å². The van der Waals surface area contributed by atoms with Crippen molar-refractivity contribution in [3.8, 4) is 16.3 Å². The lowest BCUT2D eigenvalue weighted by atomic mass is 10.2. The average Bonchev–Trinajstić information content (AvgIpc) is 3.33. The van der Waals surface area contributed by atoms with Gasteiger partial charge in [-0.15, -0.1) is 11.3 Å². The van der Waals surface area contributed by atoms with Crippen LogP contribution in [-0.2, 0) is 0 Å². The lowest BCUT2D eigenvalue weighted by molar-refractivity contribution is 0.262. The zero-order valence-corrected chi connectivity index (χ0v) is 15.8. The van der Waals surface area contributed by atoms with Gasteiger partial charge in [0.1, 0.15) is 17.3 Å². The summed E-state index contributed by atoms with van der Waals surface area (Å²) < 4.78 is 14.8. The number of nitrogens with one attached hydrogen (secondary N) is 2. The van der Waals surface area contributed by atoms with Gasteiger partial charge in [-0.05, 0) is 54.8 Å². The van der Waals surface area contributed by atoms with E-state index in [4.69, 9.17) is 5.10 Å². The third kappa shape index (κ3) is 3.65. The second-order valence-electron chi connectivity index (χ2n) is 6.13. The van der Waals surface area contributed by atoms with E-state index in [1.807, 2.05) is 54.8 Å². The molecule has 0 bridgehead atoms. The highest BCUT2D eigenvalue weighted by molar-refractivity contribution is 7.13. The fourth-order valence-electron chi connectivity index (χ4n) is 2.85. The van der Waals surface area contributed by atoms with Gasteiger partial charge in [-0.2, -0.15) is 5.10 Å². The van der Waals surface area contributed by atoms with Crippen LogP contribution in [0.15, 0.2) is 72.1 Å². The summed E-state index contributed by atoms with van der Waals surface area (Å²) in [5.41, 5.74) is 3.02. The van der Waals surface area contributed by atoms with Crippen LogP contribution in [0.25, 0.3) is 16.3 Å². The molecular weight excluding hydrogens is 375 g/mol. The van der Waals surface area contributed by atoms with Crippen molar-refractivity contribution >= 4 is 28.9 Å². The molecule has 4 aromatic rings. The molecule has 0 fully saturated rings. The Bertz CT molecular complexity index is 1090. The molecule has 0 saturated carbocycles. The number of carbonyl (C=O) groups is 1. The Labute approximate surface area is 165 Å². The van der Waals surface area contributed by atoms with Crippen LogP contribution in [0, 0.1) is 12.7 Å². The number of para-hydroxylation sites is 1. The number of benzene rings is 2. The Morgan fingerprint density at radius 3 is 2.43 bits per heavy atom. The van der Waals surface area contributed by atoms with Crippen molar-refractivity contribution in [3.05, 3.63) is 83.5 Å². The Morgan fingerprint density at radius 2 is 1.75 bits per heavy atom. The van der Waals surface area contributed by atoms with Crippen LogP contribution in [0.2, 0.25) is 0 Å². The second kappa shape index (κ2) is 7.66. The van der Waals surface area contributed by atoms with E-state index in [0.29, 0.717) is 11.5 Å². The molecule has 7 heteroatoms. The summed E-state index contributed by atoms with van der Waals surface area (Å²) in [6, 6.07) is 18.8. The minimum absolute atomic E-state index is 0.357. The molecule has 2 heterocycles. The fraction of sp³-hybridized carbons (Fsp3) is 0.0476. The van der Waals surface area contributed by atoms with Crippen LogP contribution in [0.1, 0.15) is 5.56 Å². The molecule has 2 N–H and O–H groups in total. The number of aromatic nitrogens is 2. The first-order valence-corrected chi connectivity index (χ1v) is 9.52. The largest absolute Gasteiger partial charge is 0.324 e. The summed E-state index contributed by atoms with van der Waals surface area (Å²) >= 11 is 1.59. The molecule has 0 spiro atoms. The van der Waals surface area contributed by atoms with Crippen LogP contribution < -0.4 is 10.6 Å². The van der Waals surface area contributed by atoms with Gasteiger partial charge in [-0.3, -0.25) is 5.32 Å². The highest BCUT2D eigenvalue weighted by Gasteiger charge is 2.19. The lowest BCUT2D eigenvalue weighted by Crippen LogP contribution is -2.21. The van der Waals surface area contributed by atoms with Gasteiger partial charge < -0.3 is 5.32 Å². The van der Waals surface area contributed by atoms with Crippen molar-refractivity contribution in [3.63, 3.8) is 0 Å². The molecule has 4 rings (SSSR count). The molecule has 140 valence electrons. The van der Waals surface area contributed by atoms with Crippen LogP contribution in [-0.4, -0.2) is 15.8 Å². The van der Waals surface area contributed by atoms with E-state index in [-0.39, 0.29) is 5.82 Å². The molecule has 0 radical (unpaired) electrons. The van der Waals surface area contributed by atoms with Gasteiger partial charge in [0.25, 0.3) is 0 Å². The van der Waals surface area contributed by atoms with Crippen molar-refractivity contribution in [2.24, 2.45) is 0 Å². The molecule has 2 aromatic carbocycles. The minimum atomic E-state index is -0.426. The quantitative estimate of drug-likeness (QED) is 0.468. The first-order valence-electron chi connectivity index (χ1n) is 8.64. The summed E-state index contributed by atoms with van der Waals surface area (Å²) in [6.07, 6.45) is 0. The van der Waals surface area contributed by atoms with E-state index in [1.165, 1.54) is 24.3 Å². The van der Waals surface area contributed by atoms with E-state index in [1.54, 1.807) is 16.0 Å². The topological polar surface area (TPSA) is 59.0 Å². The number of nitrogens with zero attached hydrogens (tertiary/aromatic N) is 2. The number of urea groups is 1. The molecule has 0 aliphatic rings. The minimum Gasteiger partial charge on any atom is -0.308 e. The van der Waals surface area contributed by atoms with Crippen molar-refractivity contribution in [2.75, 3.05) is 10.6 Å². The molecule has 0 aliphatic carbocycles. The van der Waals surface area contributed by atoms with Gasteiger partial charge in [0, 0.05) is 11.3 Å². The van der Waals surface area contributed by atoms with E-state index in [2.05, 4.69) is 10.6 Å². The van der Waals surface area contributed by atoms with Crippen LogP contribution in [0.5, 0.6) is 0 Å². The van der Waals surface area contributed by atoms with Crippen molar-refractivity contribution in [1.29, 1.82) is 0 Å². The first kappa shape index (κ1) is 17.9. The SMILES string of the molecule is Cc1c(-c2cccs2)nn(-c2ccccc2)c1NC(=O)Nc1ccc(F)cc1. The number of hydrogen-bond acceptors (Lipinski definition) is 3. The summed E-state index contributed by atoms with van der Waals surface area (Å²) in [7, 11) is 0. The smallest absolute Gasteiger partial charge is 0.308 e. The fourth-order valence-corrected chi connectivity index (χ4v) is 3.62. The number of carbonyl (C=O) groups excluding carboxylic acids is 1. The predicted octanol–water partition coefficient (Wildman–Crippen LogP) is 5.69. The van der Waals surface area contributed by atoms with Gasteiger partial charge in [-0.25, -0.2) is 13.9 Å². The summed E-state index contributed by atoms with van der Waals surface area (Å²) in [6.45, 7) is 1.93. The number of hydrogen-bond donors (Lipinski definition) is 2. The van der Waals surface area contributed by atoms with E-state index >= 15 is 0 Å². The third-order valence-corrected chi connectivity index (χ3v) is 5.09. The summed E-state index contributed by atoms with van der Waals surface area (Å²) in [5.74, 6) is 0.221. The van der Waals surface area contributed by atoms with Crippen LogP contribution >= 0.6 is 11.3 Å². The molecular formula is C21H17FN4OS. The highest BCUT2D eigenvalue weighted by atomic mass is 32.1. The second-order valence-corrected chi connectivity index (χ2v) is 7.08. The van der Waals surface area contributed by atoms with Crippen molar-refractivity contribution in [2.45, 2.75) is 6.92 Å². The summed E-state index contributed by atoms with van der Waals surface area (Å²) in [4.78, 5) is 13.6. The standard InChI is InChI=1S/C21H17FN4OS/c1-14-19(18-8-5-13-28-18)25-26(17-6-3-2-4-7-17)20(14)24-21(27)23-16-11-9-15(22)10-12-16/h2-13H,1H3,(H2,23,24,27). The number of amides is 2. The zero-order chi connectivity index (χ0) is 19.5. The van der Waals surface area contributed by atoms with Crippen molar-refractivity contribution < 1.29 is 9.18 Å². The number of anilines is 2. The molecule has 0 aliphatic heterocycles. The predicted molar refractivity (Wildman–Crippen MR) is 111 cm³/mol. The molecule has 0 atom stereocenters. The molecule has 2 amide bonds. The monoisotopic (exact) mass is 392 g/mol. The number of rotatable bonds is 4. The maximum Gasteiger partial charge on any atom is 0.324 e. The molecule has 28 heavy (non-hydrogen) atoms. The van der Waals surface area contributed by atoms with Crippen LogP contribution in [0.3, 0.4) is 0 Å².